The molecular formula is C20H22ClN3O4S. The summed E-state index contributed by atoms with van der Waals surface area (Å²) in [6.07, 6.45) is 2.45. The summed E-state index contributed by atoms with van der Waals surface area (Å²) in [4.78, 5) is 36.5. The van der Waals surface area contributed by atoms with Gasteiger partial charge < -0.3 is 11.1 Å². The third-order valence-electron chi connectivity index (χ3n) is 5.36. The van der Waals surface area contributed by atoms with Gasteiger partial charge >= 0.3 is 0 Å². The summed E-state index contributed by atoms with van der Waals surface area (Å²) in [7, 11) is 0. The average Bonchev–Trinajstić information content (AvgIpc) is 2.97. The zero-order valence-corrected chi connectivity index (χ0v) is 17.9. The molecule has 0 fully saturated rings. The standard InChI is InChI=1S/C20H22ClN3O4S/c1-20(2,3)10-4-6-13-15(8-10)29-19(16(13)17(22)25)23-18(26)12-7-5-11(21)9-14(12)24(27)28/h5,7,9-10H,4,6,8H2,1-3H3,(H2,22,25)(H,23,26)/t10-/m0/s1. The predicted molar refractivity (Wildman–Crippen MR) is 114 cm³/mol. The lowest BCUT2D eigenvalue weighted by molar-refractivity contribution is -0.385. The highest BCUT2D eigenvalue weighted by molar-refractivity contribution is 7.17. The van der Waals surface area contributed by atoms with Crippen molar-refractivity contribution < 1.29 is 14.5 Å². The van der Waals surface area contributed by atoms with Crippen molar-refractivity contribution in [2.45, 2.75) is 40.0 Å². The largest absolute Gasteiger partial charge is 0.365 e. The summed E-state index contributed by atoms with van der Waals surface area (Å²) >= 11 is 7.14. The molecule has 1 aliphatic carbocycles. The number of carbonyl (C=O) groups is 2. The molecule has 2 amide bonds. The lowest BCUT2D eigenvalue weighted by Crippen LogP contribution is -2.27. The van der Waals surface area contributed by atoms with Crippen molar-refractivity contribution in [3.05, 3.63) is 54.9 Å². The van der Waals surface area contributed by atoms with E-state index in [4.69, 9.17) is 17.3 Å². The van der Waals surface area contributed by atoms with Crippen molar-refractivity contribution in [2.75, 3.05) is 5.32 Å². The van der Waals surface area contributed by atoms with Gasteiger partial charge in [0.25, 0.3) is 17.5 Å². The van der Waals surface area contributed by atoms with Crippen molar-refractivity contribution in [2.24, 2.45) is 17.1 Å². The van der Waals surface area contributed by atoms with Crippen molar-refractivity contribution in [1.29, 1.82) is 0 Å². The SMILES string of the molecule is CC(C)(C)[C@H]1CCc2c(sc(NC(=O)c3ccc(Cl)cc3[N+](=O)[O-])c2C(N)=O)C1. The van der Waals surface area contributed by atoms with Crippen molar-refractivity contribution >= 4 is 45.4 Å². The van der Waals surface area contributed by atoms with Crippen LogP contribution in [0.5, 0.6) is 0 Å². The summed E-state index contributed by atoms with van der Waals surface area (Å²) in [6, 6.07) is 3.83. The Morgan fingerprint density at radius 3 is 2.62 bits per heavy atom. The Labute approximate surface area is 177 Å². The second-order valence-corrected chi connectivity index (χ2v) is 9.79. The molecule has 3 rings (SSSR count). The highest BCUT2D eigenvalue weighted by Crippen LogP contribution is 2.44. The van der Waals surface area contributed by atoms with E-state index in [2.05, 4.69) is 26.1 Å². The first-order valence-electron chi connectivity index (χ1n) is 9.18. The van der Waals surface area contributed by atoms with Crippen molar-refractivity contribution in [3.8, 4) is 0 Å². The topological polar surface area (TPSA) is 115 Å². The molecule has 1 aromatic heterocycles. The number of rotatable bonds is 4. The van der Waals surface area contributed by atoms with Gasteiger partial charge in [-0.05, 0) is 48.3 Å². The van der Waals surface area contributed by atoms with E-state index in [0.29, 0.717) is 22.9 Å². The Bertz CT molecular complexity index is 1010. The molecule has 2 aromatic rings. The number of thiophene rings is 1. The maximum atomic E-state index is 12.8. The van der Waals surface area contributed by atoms with Crippen LogP contribution < -0.4 is 11.1 Å². The summed E-state index contributed by atoms with van der Waals surface area (Å²) in [5, 5.41) is 14.5. The van der Waals surface area contributed by atoms with Gasteiger partial charge in [0, 0.05) is 16.0 Å². The number of nitrogens with two attached hydrogens (primary N) is 1. The van der Waals surface area contributed by atoms with Crippen LogP contribution in [-0.2, 0) is 12.8 Å². The van der Waals surface area contributed by atoms with Gasteiger partial charge in [-0.3, -0.25) is 19.7 Å². The molecule has 0 saturated carbocycles. The lowest BCUT2D eigenvalue weighted by atomic mass is 9.72. The van der Waals surface area contributed by atoms with E-state index in [9.17, 15) is 19.7 Å². The fourth-order valence-corrected chi connectivity index (χ4v) is 5.19. The third-order valence-corrected chi connectivity index (χ3v) is 6.77. The van der Waals surface area contributed by atoms with E-state index < -0.39 is 22.4 Å². The predicted octanol–water partition coefficient (Wildman–Crippen LogP) is 4.81. The quantitative estimate of drug-likeness (QED) is 0.529. The van der Waals surface area contributed by atoms with E-state index in [1.165, 1.54) is 23.5 Å². The fourth-order valence-electron chi connectivity index (χ4n) is 3.69. The molecule has 1 aromatic carbocycles. The van der Waals surface area contributed by atoms with Crippen LogP contribution in [-0.4, -0.2) is 16.7 Å². The van der Waals surface area contributed by atoms with Crippen LogP contribution in [0.15, 0.2) is 18.2 Å². The van der Waals surface area contributed by atoms with Crippen LogP contribution in [0, 0.1) is 21.4 Å². The molecule has 1 heterocycles. The minimum absolute atomic E-state index is 0.127. The van der Waals surface area contributed by atoms with Gasteiger partial charge in [-0.15, -0.1) is 11.3 Å². The first-order valence-corrected chi connectivity index (χ1v) is 10.4. The maximum absolute atomic E-state index is 12.8. The number of benzene rings is 1. The molecule has 0 bridgehead atoms. The molecular weight excluding hydrogens is 414 g/mol. The van der Waals surface area contributed by atoms with Crippen LogP contribution in [0.25, 0.3) is 0 Å². The van der Waals surface area contributed by atoms with Gasteiger partial charge in [0.05, 0.1) is 10.5 Å². The van der Waals surface area contributed by atoms with Gasteiger partial charge in [0.15, 0.2) is 0 Å². The second-order valence-electron chi connectivity index (χ2n) is 8.25. The number of fused-ring (bicyclic) bond motifs is 1. The number of halogens is 1. The zero-order valence-electron chi connectivity index (χ0n) is 16.4. The van der Waals surface area contributed by atoms with E-state index in [0.717, 1.165) is 29.3 Å². The molecule has 9 heteroatoms. The number of nitrogens with zero attached hydrogens (tertiary/aromatic N) is 1. The van der Waals surface area contributed by atoms with E-state index in [1.807, 2.05) is 0 Å². The molecule has 29 heavy (non-hydrogen) atoms. The van der Waals surface area contributed by atoms with Gasteiger partial charge in [-0.2, -0.15) is 0 Å². The maximum Gasteiger partial charge on any atom is 0.283 e. The number of nitro benzene ring substituents is 1. The van der Waals surface area contributed by atoms with E-state index in [1.54, 1.807) is 0 Å². The van der Waals surface area contributed by atoms with E-state index in [-0.39, 0.29) is 16.0 Å². The van der Waals surface area contributed by atoms with Crippen molar-refractivity contribution in [3.63, 3.8) is 0 Å². The number of hydrogen-bond donors (Lipinski definition) is 2. The number of primary amides is 1. The number of carbonyl (C=O) groups excluding carboxylic acids is 2. The smallest absolute Gasteiger partial charge is 0.283 e. The fraction of sp³-hybridized carbons (Fsp3) is 0.400. The molecule has 1 atom stereocenters. The average molecular weight is 436 g/mol. The number of anilines is 1. The minimum atomic E-state index is -0.679. The normalized spacial score (nSPS) is 16.2. The molecule has 0 saturated heterocycles. The van der Waals surface area contributed by atoms with Gasteiger partial charge in [-0.25, -0.2) is 0 Å². The van der Waals surface area contributed by atoms with Crippen LogP contribution >= 0.6 is 22.9 Å². The molecule has 7 nitrogen and oxygen atoms in total. The van der Waals surface area contributed by atoms with Crippen molar-refractivity contribution in [1.82, 2.24) is 0 Å². The van der Waals surface area contributed by atoms with Crippen LogP contribution in [0.4, 0.5) is 10.7 Å². The third kappa shape index (κ3) is 4.28. The minimum Gasteiger partial charge on any atom is -0.365 e. The van der Waals surface area contributed by atoms with Crippen LogP contribution in [0.3, 0.4) is 0 Å². The number of nitrogens with one attached hydrogen (secondary N) is 1. The van der Waals surface area contributed by atoms with Gasteiger partial charge in [0.1, 0.15) is 10.6 Å². The summed E-state index contributed by atoms with van der Waals surface area (Å²) in [5.41, 5.74) is 6.39. The summed E-state index contributed by atoms with van der Waals surface area (Å²) < 4.78 is 0. The highest BCUT2D eigenvalue weighted by Gasteiger charge is 2.34. The number of nitro groups is 1. The second kappa shape index (κ2) is 7.76. The monoisotopic (exact) mass is 435 g/mol. The Morgan fingerprint density at radius 1 is 1.34 bits per heavy atom. The Balaban J connectivity index is 1.97. The van der Waals surface area contributed by atoms with Gasteiger partial charge in [0.2, 0.25) is 0 Å². The molecule has 154 valence electrons. The molecule has 3 N–H and O–H groups in total. The molecule has 0 aliphatic heterocycles. The molecule has 0 radical (unpaired) electrons. The van der Waals surface area contributed by atoms with Gasteiger partial charge in [-0.1, -0.05) is 32.4 Å². The Kier molecular flexibility index (Phi) is 5.69. The first-order chi connectivity index (χ1) is 13.5. The van der Waals surface area contributed by atoms with E-state index >= 15 is 0 Å². The number of amides is 2. The Morgan fingerprint density at radius 2 is 2.03 bits per heavy atom. The van der Waals surface area contributed by atoms with Crippen LogP contribution in [0.2, 0.25) is 5.02 Å². The molecule has 1 aliphatic rings. The summed E-state index contributed by atoms with van der Waals surface area (Å²) in [6.45, 7) is 6.56. The number of hydrogen-bond acceptors (Lipinski definition) is 5. The summed E-state index contributed by atoms with van der Waals surface area (Å²) in [5.74, 6) is -0.838. The molecule has 0 spiro atoms. The molecule has 0 unspecified atom stereocenters. The first kappa shape index (κ1) is 21.3. The zero-order chi connectivity index (χ0) is 21.5. The van der Waals surface area contributed by atoms with Crippen LogP contribution in [0.1, 0.15) is 58.3 Å². The Hall–Kier alpha value is -2.45. The highest BCUT2D eigenvalue weighted by atomic mass is 35.5. The lowest BCUT2D eigenvalue weighted by Gasteiger charge is -2.33.